The van der Waals surface area contributed by atoms with E-state index in [1.54, 1.807) is 0 Å². The van der Waals surface area contributed by atoms with Gasteiger partial charge in [0.2, 0.25) is 0 Å². The van der Waals surface area contributed by atoms with Crippen LogP contribution in [-0.4, -0.2) is 10.2 Å². The first-order valence-corrected chi connectivity index (χ1v) is 20.6. The first kappa shape index (κ1) is 48.6. The van der Waals surface area contributed by atoms with Crippen LogP contribution in [0.1, 0.15) is 33.4 Å². The van der Waals surface area contributed by atoms with Crippen LogP contribution in [0.3, 0.4) is 0 Å². The van der Waals surface area contributed by atoms with Crippen molar-refractivity contribution in [2.24, 2.45) is 0 Å². The molecule has 2 nitrogen and oxygen atoms in total. The van der Waals surface area contributed by atoms with E-state index in [4.69, 9.17) is 0 Å². The zero-order valence-corrected chi connectivity index (χ0v) is 38.6. The SMILES string of the molecule is Oc1c(-c2ccccc2)cccc1-c1ccccc1.Oc1c(-c2ccccc2)cccc1-c1ccccc1.[CH2-]c1ccc(C)cc1.[CH2-]c1ccc(C)cc1.[CH2-]c1ccc(C)cc1.[Nb+3]. The Bertz CT molecular complexity index is 2240. The van der Waals surface area contributed by atoms with Gasteiger partial charge in [-0.15, -0.1) is 36.4 Å². The molecular formula is C60H55NbO2. The van der Waals surface area contributed by atoms with Crippen LogP contribution in [0.4, 0.5) is 0 Å². The predicted molar refractivity (Wildman–Crippen MR) is 265 cm³/mol. The summed E-state index contributed by atoms with van der Waals surface area (Å²) >= 11 is 0. The zero-order valence-electron chi connectivity index (χ0n) is 36.4. The maximum atomic E-state index is 10.5. The van der Waals surface area contributed by atoms with E-state index in [1.165, 1.54) is 16.7 Å². The van der Waals surface area contributed by atoms with Crippen LogP contribution < -0.4 is 0 Å². The number of phenolic OH excluding ortho intramolecular Hbond substituents is 2. The van der Waals surface area contributed by atoms with Gasteiger partial charge in [0.15, 0.2) is 0 Å². The third-order valence-electron chi connectivity index (χ3n) is 9.77. The van der Waals surface area contributed by atoms with Gasteiger partial charge in [0.05, 0.1) is 0 Å². The standard InChI is InChI=1S/2C18H14O.3C8H9.Nb/c2*19-18-16(14-8-3-1-4-9-14)12-7-13-17(18)15-10-5-2-6-11-15;3*1-7-3-5-8(2)6-4-7;/h2*1-13,19H;3*3-6H,1H2,2H3;/q;;3*-1;+3. The van der Waals surface area contributed by atoms with E-state index in [0.29, 0.717) is 11.5 Å². The molecule has 2 N–H and O–H groups in total. The molecule has 0 aliphatic heterocycles. The summed E-state index contributed by atoms with van der Waals surface area (Å²) in [6.45, 7) is 17.5. The number of rotatable bonds is 4. The van der Waals surface area contributed by atoms with Crippen LogP contribution in [0, 0.1) is 41.5 Å². The van der Waals surface area contributed by atoms with Gasteiger partial charge in [-0.3, -0.25) is 0 Å². The fourth-order valence-electron chi connectivity index (χ4n) is 6.25. The van der Waals surface area contributed by atoms with E-state index in [2.05, 4.69) is 77.9 Å². The van der Waals surface area contributed by atoms with Crippen LogP contribution >= 0.6 is 0 Å². The molecule has 0 saturated heterocycles. The zero-order chi connectivity index (χ0) is 44.1. The van der Waals surface area contributed by atoms with Gasteiger partial charge in [-0.2, -0.15) is 73.9 Å². The van der Waals surface area contributed by atoms with Crippen molar-refractivity contribution in [2.45, 2.75) is 20.8 Å². The van der Waals surface area contributed by atoms with Gasteiger partial charge in [0.1, 0.15) is 11.5 Å². The number of hydrogen-bond donors (Lipinski definition) is 2. The summed E-state index contributed by atoms with van der Waals surface area (Å²) in [7, 11) is 0. The van der Waals surface area contributed by atoms with E-state index >= 15 is 0 Å². The summed E-state index contributed by atoms with van der Waals surface area (Å²) in [4.78, 5) is 0. The molecule has 0 unspecified atom stereocenters. The monoisotopic (exact) mass is 900 g/mol. The largest absolute Gasteiger partial charge is 3.00 e. The number of aryl methyl sites for hydroxylation is 3. The van der Waals surface area contributed by atoms with Gasteiger partial charge < -0.3 is 10.2 Å². The van der Waals surface area contributed by atoms with Crippen molar-refractivity contribution in [1.82, 2.24) is 0 Å². The third kappa shape index (κ3) is 15.7. The average Bonchev–Trinajstić information content (AvgIpc) is 3.31. The minimum Gasteiger partial charge on any atom is -0.507 e. The van der Waals surface area contributed by atoms with E-state index in [-0.39, 0.29) is 22.4 Å². The molecule has 0 bridgehead atoms. The van der Waals surface area contributed by atoms with E-state index < -0.39 is 0 Å². The summed E-state index contributed by atoms with van der Waals surface area (Å²) in [6.07, 6.45) is 0. The molecule has 9 aromatic carbocycles. The summed E-state index contributed by atoms with van der Waals surface area (Å²) in [5.74, 6) is 0.666. The Morgan fingerprint density at radius 2 is 0.444 bits per heavy atom. The molecule has 0 aromatic heterocycles. The van der Waals surface area contributed by atoms with E-state index in [0.717, 1.165) is 61.2 Å². The molecule has 0 atom stereocenters. The normalized spacial score (nSPS) is 9.70. The molecule has 312 valence electrons. The fourth-order valence-corrected chi connectivity index (χ4v) is 6.25. The summed E-state index contributed by atoms with van der Waals surface area (Å²) in [5, 5.41) is 21.0. The molecule has 0 amide bonds. The van der Waals surface area contributed by atoms with Crippen molar-refractivity contribution < 1.29 is 32.6 Å². The number of phenols is 2. The van der Waals surface area contributed by atoms with E-state index in [9.17, 15) is 10.2 Å². The smallest absolute Gasteiger partial charge is 0.507 e. The van der Waals surface area contributed by atoms with Crippen molar-refractivity contribution in [3.8, 4) is 56.0 Å². The van der Waals surface area contributed by atoms with Crippen molar-refractivity contribution in [2.75, 3.05) is 0 Å². The van der Waals surface area contributed by atoms with Crippen molar-refractivity contribution in [3.05, 3.63) is 285 Å². The Labute approximate surface area is 391 Å². The summed E-state index contributed by atoms with van der Waals surface area (Å²) in [6, 6.07) is 75.9. The molecule has 9 aromatic rings. The summed E-state index contributed by atoms with van der Waals surface area (Å²) < 4.78 is 0. The molecule has 63 heavy (non-hydrogen) atoms. The second kappa shape index (κ2) is 25.6. The van der Waals surface area contributed by atoms with Gasteiger partial charge in [0, 0.05) is 22.3 Å². The molecule has 0 radical (unpaired) electrons. The van der Waals surface area contributed by atoms with Crippen LogP contribution in [0.2, 0.25) is 0 Å². The van der Waals surface area contributed by atoms with Gasteiger partial charge in [0.25, 0.3) is 0 Å². The second-order valence-corrected chi connectivity index (χ2v) is 14.8. The number of para-hydroxylation sites is 2. The summed E-state index contributed by atoms with van der Waals surface area (Å²) in [5.41, 5.74) is 14.7. The predicted octanol–water partition coefficient (Wildman–Crippen LogP) is 16.0. The van der Waals surface area contributed by atoms with Crippen molar-refractivity contribution in [1.29, 1.82) is 0 Å². The van der Waals surface area contributed by atoms with Crippen LogP contribution in [0.25, 0.3) is 44.5 Å². The Kier molecular flexibility index (Phi) is 19.8. The first-order chi connectivity index (χ1) is 30.1. The van der Waals surface area contributed by atoms with Gasteiger partial charge in [-0.25, -0.2) is 0 Å². The topological polar surface area (TPSA) is 40.5 Å². The minimum atomic E-state index is 0. The molecule has 3 heteroatoms. The Hall–Kier alpha value is -7.07. The molecule has 0 saturated carbocycles. The molecule has 9 rings (SSSR count). The molecule has 0 heterocycles. The average molecular weight is 901 g/mol. The molecule has 0 aliphatic carbocycles. The van der Waals surface area contributed by atoms with Gasteiger partial charge in [-0.05, 0) is 43.0 Å². The van der Waals surface area contributed by atoms with Crippen molar-refractivity contribution >= 4 is 0 Å². The Morgan fingerprint density at radius 1 is 0.254 bits per heavy atom. The molecular weight excluding hydrogens is 846 g/mol. The number of benzene rings is 9. The van der Waals surface area contributed by atoms with Crippen LogP contribution in [0.5, 0.6) is 11.5 Å². The molecule has 0 spiro atoms. The molecule has 0 aliphatic rings. The van der Waals surface area contributed by atoms with E-state index in [1.807, 2.05) is 194 Å². The van der Waals surface area contributed by atoms with Crippen molar-refractivity contribution in [3.63, 3.8) is 0 Å². The first-order valence-electron chi connectivity index (χ1n) is 20.6. The number of hydrogen-bond acceptors (Lipinski definition) is 2. The van der Waals surface area contributed by atoms with Gasteiger partial charge in [-0.1, -0.05) is 174 Å². The molecule has 0 fully saturated rings. The van der Waals surface area contributed by atoms with Crippen LogP contribution in [-0.2, 0) is 22.4 Å². The minimum absolute atomic E-state index is 0. The second-order valence-electron chi connectivity index (χ2n) is 14.8. The maximum Gasteiger partial charge on any atom is 3.00 e. The Morgan fingerprint density at radius 3 is 0.619 bits per heavy atom. The number of aromatic hydroxyl groups is 2. The third-order valence-corrected chi connectivity index (χ3v) is 9.77. The van der Waals surface area contributed by atoms with Crippen LogP contribution in [0.15, 0.2) is 231 Å². The quantitative estimate of drug-likeness (QED) is 0.136. The Balaban J connectivity index is 0.000000184. The maximum absolute atomic E-state index is 10.5. The fraction of sp³-hybridized carbons (Fsp3) is 0.0500. The van der Waals surface area contributed by atoms with Gasteiger partial charge >= 0.3 is 22.4 Å².